The quantitative estimate of drug-likeness (QED) is 0.366. The molecule has 4 rings (SSSR count). The second-order valence-electron chi connectivity index (χ2n) is 8.54. The van der Waals surface area contributed by atoms with Crippen LogP contribution in [0.1, 0.15) is 33.9 Å². The number of esters is 1. The molecule has 0 saturated carbocycles. The molecule has 4 heterocycles. The molecule has 0 unspecified atom stereocenters. The van der Waals surface area contributed by atoms with Gasteiger partial charge in [-0.3, -0.25) is 14.1 Å². The van der Waals surface area contributed by atoms with Crippen LogP contribution in [0.2, 0.25) is 0 Å². The number of hydrogen-bond donors (Lipinski definition) is 0. The number of rotatable bonds is 8. The molecule has 0 saturated heterocycles. The Morgan fingerprint density at radius 2 is 2.09 bits per heavy atom. The average molecular weight is 474 g/mol. The van der Waals surface area contributed by atoms with Crippen LogP contribution >= 0.6 is 11.3 Å². The maximum Gasteiger partial charge on any atom is 0.343 e. The minimum atomic E-state index is -0.471. The van der Waals surface area contributed by atoms with Crippen molar-refractivity contribution in [3.63, 3.8) is 0 Å². The molecule has 0 fully saturated rings. The number of nitrogens with zero attached hydrogens (tertiary/aromatic N) is 5. The van der Waals surface area contributed by atoms with Crippen LogP contribution in [0, 0.1) is 6.92 Å². The minimum Gasteiger partial charge on any atom is -0.492 e. The Bertz CT molecular complexity index is 1200. The summed E-state index contributed by atoms with van der Waals surface area (Å²) in [6.45, 7) is 5.96. The molecular weight excluding hydrogens is 442 g/mol. The van der Waals surface area contributed by atoms with E-state index in [9.17, 15) is 9.59 Å². The van der Waals surface area contributed by atoms with Crippen molar-refractivity contribution >= 4 is 22.3 Å². The highest BCUT2D eigenvalue weighted by atomic mass is 32.1. The van der Waals surface area contributed by atoms with Gasteiger partial charge in [0.05, 0.1) is 25.1 Å². The number of ether oxygens (including phenoxy) is 2. The molecular formula is C23H31N5O4S. The summed E-state index contributed by atoms with van der Waals surface area (Å²) in [5, 5.41) is 2.03. The van der Waals surface area contributed by atoms with E-state index in [-0.39, 0.29) is 5.56 Å². The van der Waals surface area contributed by atoms with E-state index in [2.05, 4.69) is 19.2 Å². The highest BCUT2D eigenvalue weighted by Gasteiger charge is 2.26. The fourth-order valence-electron chi connectivity index (χ4n) is 4.29. The van der Waals surface area contributed by atoms with Crippen LogP contribution in [-0.2, 0) is 24.2 Å². The fraction of sp³-hybridized carbons (Fsp3) is 0.522. The zero-order valence-corrected chi connectivity index (χ0v) is 20.5. The lowest BCUT2D eigenvalue weighted by molar-refractivity contribution is 0.0593. The van der Waals surface area contributed by atoms with Gasteiger partial charge in [0.15, 0.2) is 4.96 Å². The van der Waals surface area contributed by atoms with Gasteiger partial charge in [-0.25, -0.2) is 9.78 Å². The van der Waals surface area contributed by atoms with Crippen molar-refractivity contribution in [1.82, 2.24) is 23.8 Å². The fourth-order valence-corrected chi connectivity index (χ4v) is 5.07. The van der Waals surface area contributed by atoms with Gasteiger partial charge in [-0.15, -0.1) is 11.3 Å². The van der Waals surface area contributed by atoms with Crippen molar-refractivity contribution in [2.75, 3.05) is 47.4 Å². The smallest absolute Gasteiger partial charge is 0.343 e. The molecule has 3 aromatic heterocycles. The van der Waals surface area contributed by atoms with Crippen LogP contribution in [0.4, 0.5) is 0 Å². The molecule has 1 aliphatic heterocycles. The summed E-state index contributed by atoms with van der Waals surface area (Å²) >= 11 is 1.62. The van der Waals surface area contributed by atoms with E-state index >= 15 is 0 Å². The minimum absolute atomic E-state index is 0.150. The van der Waals surface area contributed by atoms with Crippen LogP contribution < -0.4 is 10.3 Å². The van der Waals surface area contributed by atoms with E-state index in [1.54, 1.807) is 15.9 Å². The summed E-state index contributed by atoms with van der Waals surface area (Å²) in [6.07, 6.45) is 3.39. The predicted molar refractivity (Wildman–Crippen MR) is 127 cm³/mol. The van der Waals surface area contributed by atoms with E-state index < -0.39 is 5.97 Å². The molecule has 0 amide bonds. The maximum atomic E-state index is 13.0. The van der Waals surface area contributed by atoms with Gasteiger partial charge < -0.3 is 18.9 Å². The first kappa shape index (κ1) is 23.5. The second kappa shape index (κ2) is 10.1. The number of thiazole rings is 1. The zero-order valence-electron chi connectivity index (χ0n) is 19.7. The molecule has 0 aromatic carbocycles. The first-order valence-electron chi connectivity index (χ1n) is 11.1. The van der Waals surface area contributed by atoms with Crippen LogP contribution in [0.3, 0.4) is 0 Å². The molecule has 33 heavy (non-hydrogen) atoms. The molecule has 0 N–H and O–H groups in total. The Hall–Kier alpha value is -2.69. The van der Waals surface area contributed by atoms with E-state index in [1.165, 1.54) is 13.2 Å². The summed E-state index contributed by atoms with van der Waals surface area (Å²) in [7, 11) is 5.35. The predicted octanol–water partition coefficient (Wildman–Crippen LogP) is 2.04. The number of pyridine rings is 1. The first-order valence-corrected chi connectivity index (χ1v) is 12.0. The number of aromatic nitrogens is 3. The van der Waals surface area contributed by atoms with Crippen molar-refractivity contribution in [3.05, 3.63) is 50.6 Å². The molecule has 0 spiro atoms. The third-order valence-electron chi connectivity index (χ3n) is 6.02. The third kappa shape index (κ3) is 4.97. The van der Waals surface area contributed by atoms with E-state index in [0.29, 0.717) is 49.7 Å². The van der Waals surface area contributed by atoms with Gasteiger partial charge in [0.2, 0.25) is 0 Å². The molecule has 0 aliphatic carbocycles. The molecule has 0 radical (unpaired) electrons. The van der Waals surface area contributed by atoms with E-state index in [1.807, 2.05) is 32.6 Å². The normalized spacial score (nSPS) is 14.5. The lowest BCUT2D eigenvalue weighted by Gasteiger charge is -2.19. The number of carbonyl (C=O) groups excluding carboxylic acids is 1. The Kier molecular flexibility index (Phi) is 7.16. The van der Waals surface area contributed by atoms with Gasteiger partial charge in [0.25, 0.3) is 5.56 Å². The molecule has 0 atom stereocenters. The Labute approximate surface area is 197 Å². The average Bonchev–Trinajstić information content (AvgIpc) is 3.26. The van der Waals surface area contributed by atoms with Crippen molar-refractivity contribution in [2.24, 2.45) is 0 Å². The van der Waals surface area contributed by atoms with Gasteiger partial charge in [-0.2, -0.15) is 0 Å². The standard InChI is InChI=1S/C23H31N5O4S/c1-16-18(28-11-13-33-23(28)24-16)15-26-8-6-17-21(22(30)31-4)19(32-12-5-7-25(2)3)14-20(29)27(17)10-9-26/h11,13-14H,5-10,12,15H2,1-4H3. The van der Waals surface area contributed by atoms with Gasteiger partial charge in [-0.05, 0) is 27.4 Å². The van der Waals surface area contributed by atoms with E-state index in [0.717, 1.165) is 35.9 Å². The molecule has 10 heteroatoms. The van der Waals surface area contributed by atoms with Gasteiger partial charge in [0.1, 0.15) is 11.3 Å². The first-order chi connectivity index (χ1) is 15.9. The Morgan fingerprint density at radius 1 is 1.27 bits per heavy atom. The summed E-state index contributed by atoms with van der Waals surface area (Å²) in [5.74, 6) is -0.154. The number of aryl methyl sites for hydroxylation is 1. The van der Waals surface area contributed by atoms with Crippen molar-refractivity contribution in [3.8, 4) is 5.75 Å². The molecule has 3 aromatic rings. The SMILES string of the molecule is COC(=O)c1c(OCCCN(C)C)cc(=O)n2c1CCN(Cc1c(C)nc3sccn13)CC2. The Balaban J connectivity index is 1.58. The van der Waals surface area contributed by atoms with Crippen LogP contribution in [0.5, 0.6) is 5.75 Å². The lowest BCUT2D eigenvalue weighted by atomic mass is 10.1. The zero-order chi connectivity index (χ0) is 23.5. The van der Waals surface area contributed by atoms with Gasteiger partial charge >= 0.3 is 5.97 Å². The highest BCUT2D eigenvalue weighted by molar-refractivity contribution is 7.15. The third-order valence-corrected chi connectivity index (χ3v) is 6.77. The highest BCUT2D eigenvalue weighted by Crippen LogP contribution is 2.25. The molecule has 178 valence electrons. The molecule has 0 bridgehead atoms. The summed E-state index contributed by atoms with van der Waals surface area (Å²) in [6, 6.07) is 1.43. The number of hydrogen-bond acceptors (Lipinski definition) is 8. The largest absolute Gasteiger partial charge is 0.492 e. The molecule has 1 aliphatic rings. The van der Waals surface area contributed by atoms with Gasteiger partial charge in [-0.1, -0.05) is 0 Å². The monoisotopic (exact) mass is 473 g/mol. The van der Waals surface area contributed by atoms with Crippen molar-refractivity contribution < 1.29 is 14.3 Å². The van der Waals surface area contributed by atoms with Crippen molar-refractivity contribution in [2.45, 2.75) is 32.9 Å². The number of fused-ring (bicyclic) bond motifs is 2. The summed E-state index contributed by atoms with van der Waals surface area (Å²) < 4.78 is 14.8. The summed E-state index contributed by atoms with van der Waals surface area (Å²) in [5.41, 5.74) is 3.07. The Morgan fingerprint density at radius 3 is 2.85 bits per heavy atom. The van der Waals surface area contributed by atoms with Crippen LogP contribution in [-0.4, -0.2) is 77.2 Å². The lowest BCUT2D eigenvalue weighted by Crippen LogP contribution is -2.29. The van der Waals surface area contributed by atoms with Crippen LogP contribution in [0.25, 0.3) is 4.96 Å². The van der Waals surface area contributed by atoms with Gasteiger partial charge in [0, 0.05) is 62.5 Å². The van der Waals surface area contributed by atoms with Crippen LogP contribution in [0.15, 0.2) is 22.4 Å². The van der Waals surface area contributed by atoms with Crippen molar-refractivity contribution in [1.29, 1.82) is 0 Å². The second-order valence-corrected chi connectivity index (χ2v) is 9.42. The number of methoxy groups -OCH3 is 1. The number of carbonyl (C=O) groups is 1. The molecule has 9 nitrogen and oxygen atoms in total. The van der Waals surface area contributed by atoms with E-state index in [4.69, 9.17) is 9.47 Å². The number of imidazole rings is 1. The summed E-state index contributed by atoms with van der Waals surface area (Å²) in [4.78, 5) is 35.7. The topological polar surface area (TPSA) is 81.3 Å². The maximum absolute atomic E-state index is 13.0.